The smallest absolute Gasteiger partial charge is 0.305 e. The van der Waals surface area contributed by atoms with Gasteiger partial charge in [-0.05, 0) is 18.0 Å². The number of halogens is 1. The Morgan fingerprint density at radius 2 is 2.27 bits per heavy atom. The highest BCUT2D eigenvalue weighted by Gasteiger charge is 2.57. The summed E-state index contributed by atoms with van der Waals surface area (Å²) >= 11 is 0. The molecule has 3 N–H and O–H groups in total. The normalized spacial score (nSPS) is 28.2. The number of unbranched alkanes of at least 4 members (excludes halogenated alkanes) is 4. The summed E-state index contributed by atoms with van der Waals surface area (Å²) in [5.41, 5.74) is 12.6. The fourth-order valence-electron chi connectivity index (χ4n) is 3.34. The van der Waals surface area contributed by atoms with Crippen LogP contribution in [0.4, 0.5) is 4.39 Å². The summed E-state index contributed by atoms with van der Waals surface area (Å²) in [4.78, 5) is 20.0. The second-order valence-corrected chi connectivity index (χ2v) is 7.35. The number of aliphatic imine (C=N–C) groups is 1. The minimum Gasteiger partial charge on any atom is -0.462 e. The molecule has 2 rings (SSSR count). The zero-order valence-electron chi connectivity index (χ0n) is 17.1. The predicted molar refractivity (Wildman–Crippen MR) is 109 cm³/mol. The first-order chi connectivity index (χ1) is 14.3. The number of carbonyl (C=O) groups excluding carboxylic acids is 1. The van der Waals surface area contributed by atoms with Gasteiger partial charge in [0, 0.05) is 17.5 Å². The Kier molecular flexibility index (Phi) is 8.64. The number of alkyl halides is 1. The molecule has 0 aliphatic carbocycles. The van der Waals surface area contributed by atoms with Crippen molar-refractivity contribution in [3.63, 3.8) is 0 Å². The van der Waals surface area contributed by atoms with E-state index in [4.69, 9.17) is 20.7 Å². The fourth-order valence-corrected chi connectivity index (χ4v) is 3.34. The summed E-state index contributed by atoms with van der Waals surface area (Å²) in [6, 6.07) is 0. The van der Waals surface area contributed by atoms with Gasteiger partial charge in [-0.25, -0.2) is 9.38 Å². The van der Waals surface area contributed by atoms with Gasteiger partial charge in [-0.15, -0.1) is 0 Å². The van der Waals surface area contributed by atoms with Gasteiger partial charge in [-0.2, -0.15) is 0 Å². The molecule has 0 unspecified atom stereocenters. The summed E-state index contributed by atoms with van der Waals surface area (Å²) in [5, 5.41) is 14.0. The molecule has 1 fully saturated rings. The van der Waals surface area contributed by atoms with E-state index in [1.807, 2.05) is 0 Å². The van der Waals surface area contributed by atoms with Crippen LogP contribution in [0.5, 0.6) is 0 Å². The predicted octanol–water partition coefficient (Wildman–Crippen LogP) is 2.65. The molecule has 0 aromatic carbocycles. The Balaban J connectivity index is 2.04. The second-order valence-electron chi connectivity index (χ2n) is 7.35. The van der Waals surface area contributed by atoms with Crippen molar-refractivity contribution in [2.45, 2.75) is 69.6 Å². The van der Waals surface area contributed by atoms with E-state index >= 15 is 0 Å². The number of esters is 1. The Morgan fingerprint density at radius 3 is 2.93 bits per heavy atom. The fraction of sp³-hybridized carbons (Fsp3) is 0.684. The standard InChI is InChI=1S/C19H29FN6O4/c1-3-4-5-6-7-8-15(27)29-12-19(11-23-25-22)17(28)16(20)18(30-19)26-10-9-14(21)24-13(26)2/h9-10,16-18,28H,2-8,11-12H2,1H3,(H2,21,24)/t16-,17+,18-,19-/m1/s1. The number of carbonyl (C=O) groups is 1. The third kappa shape index (κ3) is 5.71. The van der Waals surface area contributed by atoms with Crippen molar-refractivity contribution in [1.29, 1.82) is 0 Å². The Hall–Kier alpha value is -2.62. The van der Waals surface area contributed by atoms with Gasteiger partial charge in [-0.1, -0.05) is 44.3 Å². The maximum atomic E-state index is 15.0. The Bertz CT molecular complexity index is 739. The summed E-state index contributed by atoms with van der Waals surface area (Å²) < 4.78 is 26.0. The number of hydrogen-bond acceptors (Lipinski definition) is 8. The topological polar surface area (TPSA) is 146 Å². The minimum atomic E-state index is -1.90. The number of ether oxygens (including phenoxy) is 2. The van der Waals surface area contributed by atoms with E-state index < -0.39 is 43.2 Å². The van der Waals surface area contributed by atoms with Gasteiger partial charge in [-0.3, -0.25) is 4.79 Å². The first-order valence-corrected chi connectivity index (χ1v) is 10.0. The van der Waals surface area contributed by atoms with E-state index in [0.717, 1.165) is 25.7 Å². The number of aliphatic hydroxyl groups is 1. The van der Waals surface area contributed by atoms with Gasteiger partial charge in [0.05, 0.1) is 6.54 Å². The number of rotatable bonds is 11. The lowest BCUT2D eigenvalue weighted by atomic mass is 9.96. The zero-order chi connectivity index (χ0) is 22.1. The molecule has 11 heteroatoms. The highest BCUT2D eigenvalue weighted by atomic mass is 19.1. The van der Waals surface area contributed by atoms with Gasteiger partial charge in [0.15, 0.2) is 12.4 Å². The Labute approximate surface area is 174 Å². The average molecular weight is 424 g/mol. The van der Waals surface area contributed by atoms with E-state index in [1.165, 1.54) is 17.2 Å². The molecule has 2 heterocycles. The van der Waals surface area contributed by atoms with Crippen molar-refractivity contribution in [3.8, 4) is 0 Å². The second kappa shape index (κ2) is 11.0. The van der Waals surface area contributed by atoms with Crippen molar-refractivity contribution in [1.82, 2.24) is 4.90 Å². The Morgan fingerprint density at radius 1 is 1.53 bits per heavy atom. The van der Waals surface area contributed by atoms with Crippen LogP contribution in [0.25, 0.3) is 10.4 Å². The van der Waals surface area contributed by atoms with Gasteiger partial charge < -0.3 is 25.2 Å². The molecule has 0 aromatic rings. The molecule has 166 valence electrons. The molecule has 0 amide bonds. The molecular weight excluding hydrogens is 395 g/mol. The maximum Gasteiger partial charge on any atom is 0.305 e. The summed E-state index contributed by atoms with van der Waals surface area (Å²) in [6.45, 7) is 4.94. The highest BCUT2D eigenvalue weighted by Crippen LogP contribution is 2.37. The summed E-state index contributed by atoms with van der Waals surface area (Å²) in [7, 11) is 0. The molecule has 4 atom stereocenters. The number of hydrogen-bond donors (Lipinski definition) is 2. The molecule has 0 aromatic heterocycles. The molecule has 1 saturated heterocycles. The van der Waals surface area contributed by atoms with Crippen LogP contribution in [0.1, 0.15) is 45.4 Å². The number of azide groups is 1. The molecule has 30 heavy (non-hydrogen) atoms. The molecule has 0 spiro atoms. The van der Waals surface area contributed by atoms with Gasteiger partial charge in [0.1, 0.15) is 30.0 Å². The van der Waals surface area contributed by atoms with Crippen LogP contribution < -0.4 is 5.73 Å². The van der Waals surface area contributed by atoms with E-state index in [2.05, 4.69) is 28.5 Å². The highest BCUT2D eigenvalue weighted by molar-refractivity contribution is 5.92. The molecule has 0 bridgehead atoms. The van der Waals surface area contributed by atoms with Crippen molar-refractivity contribution in [2.24, 2.45) is 15.8 Å². The van der Waals surface area contributed by atoms with E-state index in [-0.39, 0.29) is 18.1 Å². The molecule has 0 saturated carbocycles. The van der Waals surface area contributed by atoms with Gasteiger partial charge in [0.25, 0.3) is 0 Å². The van der Waals surface area contributed by atoms with E-state index in [0.29, 0.717) is 6.42 Å². The van der Waals surface area contributed by atoms with Crippen molar-refractivity contribution in [3.05, 3.63) is 35.1 Å². The third-order valence-electron chi connectivity index (χ3n) is 5.07. The zero-order valence-corrected chi connectivity index (χ0v) is 17.1. The molecule has 10 nitrogen and oxygen atoms in total. The first-order valence-electron chi connectivity index (χ1n) is 10.0. The monoisotopic (exact) mass is 424 g/mol. The summed E-state index contributed by atoms with van der Waals surface area (Å²) in [5.74, 6) is -0.168. The summed E-state index contributed by atoms with van der Waals surface area (Å²) in [6.07, 6.45) is 3.01. The molecular formula is C19H29FN6O4. The van der Waals surface area contributed by atoms with Crippen molar-refractivity contribution < 1.29 is 23.8 Å². The van der Waals surface area contributed by atoms with E-state index in [9.17, 15) is 14.3 Å². The lowest BCUT2D eigenvalue weighted by Gasteiger charge is -2.32. The minimum absolute atomic E-state index is 0.124. The van der Waals surface area contributed by atoms with Crippen LogP contribution in [0.2, 0.25) is 0 Å². The molecule has 2 aliphatic rings. The quantitative estimate of drug-likeness (QED) is 0.171. The first kappa shape index (κ1) is 23.7. The third-order valence-corrected chi connectivity index (χ3v) is 5.07. The van der Waals surface area contributed by atoms with Crippen LogP contribution in [-0.2, 0) is 14.3 Å². The van der Waals surface area contributed by atoms with Crippen LogP contribution in [0, 0.1) is 0 Å². The van der Waals surface area contributed by atoms with E-state index in [1.54, 1.807) is 0 Å². The SMILES string of the molecule is C=C1N=C(N)C=CN1[C@@H]1O[C@](CN=[N+]=[N-])(COC(=O)CCCCCCC)[C@@H](O)[C@H]1F. The van der Waals surface area contributed by atoms with Crippen LogP contribution in [-0.4, -0.2) is 59.1 Å². The lowest BCUT2D eigenvalue weighted by Crippen LogP contribution is -2.49. The number of nitrogens with two attached hydrogens (primary N) is 1. The lowest BCUT2D eigenvalue weighted by molar-refractivity contribution is -0.165. The van der Waals surface area contributed by atoms with Crippen LogP contribution in [0.15, 0.2) is 34.8 Å². The molecule has 2 aliphatic heterocycles. The van der Waals surface area contributed by atoms with Gasteiger partial charge in [0.2, 0.25) is 0 Å². The number of amidine groups is 1. The van der Waals surface area contributed by atoms with Crippen LogP contribution in [0.3, 0.4) is 0 Å². The number of aliphatic hydroxyl groups excluding tert-OH is 1. The van der Waals surface area contributed by atoms with Crippen LogP contribution >= 0.6 is 0 Å². The van der Waals surface area contributed by atoms with Gasteiger partial charge >= 0.3 is 5.97 Å². The maximum absolute atomic E-state index is 15.0. The average Bonchev–Trinajstić information content (AvgIpc) is 2.96. The van der Waals surface area contributed by atoms with Crippen molar-refractivity contribution >= 4 is 11.8 Å². The van der Waals surface area contributed by atoms with Crippen molar-refractivity contribution in [2.75, 3.05) is 13.2 Å². The molecule has 0 radical (unpaired) electrons. The number of nitrogens with zero attached hydrogens (tertiary/aromatic N) is 5. The largest absolute Gasteiger partial charge is 0.462 e.